The monoisotopic (exact) mass is 274 g/mol. The summed E-state index contributed by atoms with van der Waals surface area (Å²) < 4.78 is 13.3. The molecule has 0 amide bonds. The minimum atomic E-state index is -0.477. The summed E-state index contributed by atoms with van der Waals surface area (Å²) in [6.45, 7) is 0. The maximum atomic E-state index is 13.3. The van der Waals surface area contributed by atoms with Gasteiger partial charge in [0.1, 0.15) is 5.82 Å². The van der Waals surface area contributed by atoms with Gasteiger partial charge in [0.05, 0.1) is 5.02 Å². The fourth-order valence-corrected chi connectivity index (χ4v) is 1.90. The fourth-order valence-electron chi connectivity index (χ4n) is 1.38. The maximum absolute atomic E-state index is 13.3. The maximum Gasteiger partial charge on any atom is 0.142 e. The van der Waals surface area contributed by atoms with E-state index in [9.17, 15) is 4.39 Å². The Morgan fingerprint density at radius 1 is 0.812 bits per heavy atom. The van der Waals surface area contributed by atoms with Crippen LogP contribution in [0, 0.1) is 5.82 Å². The minimum absolute atomic E-state index is 0.0851. The van der Waals surface area contributed by atoms with Crippen molar-refractivity contribution < 1.29 is 4.39 Å². The highest BCUT2D eigenvalue weighted by Crippen LogP contribution is 2.32. The molecular formula is C12H6Cl3F. The van der Waals surface area contributed by atoms with Crippen LogP contribution in [0.5, 0.6) is 0 Å². The Bertz CT molecular complexity index is 538. The topological polar surface area (TPSA) is 0 Å². The Morgan fingerprint density at radius 2 is 1.50 bits per heavy atom. The highest BCUT2D eigenvalue weighted by atomic mass is 35.5. The van der Waals surface area contributed by atoms with E-state index in [4.69, 9.17) is 34.8 Å². The molecular weight excluding hydrogens is 269 g/mol. The second kappa shape index (κ2) is 4.62. The van der Waals surface area contributed by atoms with Crippen LogP contribution in [0.2, 0.25) is 15.1 Å². The molecule has 82 valence electrons. The Balaban J connectivity index is 2.58. The largest absolute Gasteiger partial charge is 0.205 e. The summed E-state index contributed by atoms with van der Waals surface area (Å²) in [7, 11) is 0. The van der Waals surface area contributed by atoms with Crippen LogP contribution in [-0.2, 0) is 0 Å². The van der Waals surface area contributed by atoms with Crippen molar-refractivity contribution in [2.45, 2.75) is 0 Å². The van der Waals surface area contributed by atoms with Crippen molar-refractivity contribution in [2.24, 2.45) is 0 Å². The Morgan fingerprint density at radius 3 is 2.19 bits per heavy atom. The third kappa shape index (κ3) is 2.32. The van der Waals surface area contributed by atoms with Crippen LogP contribution in [0.3, 0.4) is 0 Å². The van der Waals surface area contributed by atoms with Gasteiger partial charge in [-0.3, -0.25) is 0 Å². The Labute approximate surface area is 108 Å². The Hall–Kier alpha value is -0.760. The van der Waals surface area contributed by atoms with Crippen molar-refractivity contribution >= 4 is 34.8 Å². The molecule has 0 unspecified atom stereocenters. The molecule has 0 heterocycles. The predicted octanol–water partition coefficient (Wildman–Crippen LogP) is 5.45. The van der Waals surface area contributed by atoms with Crippen LogP contribution < -0.4 is 0 Å². The van der Waals surface area contributed by atoms with E-state index in [2.05, 4.69) is 0 Å². The van der Waals surface area contributed by atoms with E-state index < -0.39 is 5.82 Å². The molecule has 0 aliphatic carbocycles. The molecule has 0 N–H and O–H groups in total. The van der Waals surface area contributed by atoms with Crippen molar-refractivity contribution in [1.82, 2.24) is 0 Å². The van der Waals surface area contributed by atoms with Crippen LogP contribution >= 0.6 is 34.8 Å². The van der Waals surface area contributed by atoms with Crippen LogP contribution in [0.15, 0.2) is 36.4 Å². The molecule has 2 aromatic rings. The van der Waals surface area contributed by atoms with Crippen molar-refractivity contribution in [3.63, 3.8) is 0 Å². The van der Waals surface area contributed by atoms with Gasteiger partial charge in [0, 0.05) is 15.6 Å². The second-order valence-electron chi connectivity index (χ2n) is 3.25. The highest BCUT2D eigenvalue weighted by Gasteiger charge is 2.07. The van der Waals surface area contributed by atoms with Gasteiger partial charge in [-0.05, 0) is 35.9 Å². The van der Waals surface area contributed by atoms with Gasteiger partial charge in [0.25, 0.3) is 0 Å². The summed E-state index contributed by atoms with van der Waals surface area (Å²) in [5, 5.41) is 1.16. The molecule has 2 rings (SSSR count). The predicted molar refractivity (Wildman–Crippen MR) is 66.9 cm³/mol. The van der Waals surface area contributed by atoms with Gasteiger partial charge in [-0.2, -0.15) is 0 Å². The smallest absolute Gasteiger partial charge is 0.142 e. The van der Waals surface area contributed by atoms with Gasteiger partial charge in [0.2, 0.25) is 0 Å². The molecule has 0 saturated heterocycles. The number of halogens is 4. The molecule has 0 aliphatic rings. The van der Waals surface area contributed by atoms with Crippen molar-refractivity contribution in [3.05, 3.63) is 57.3 Å². The zero-order chi connectivity index (χ0) is 11.7. The lowest BCUT2D eigenvalue weighted by Gasteiger charge is -2.05. The summed E-state index contributed by atoms with van der Waals surface area (Å²) in [4.78, 5) is 0. The van der Waals surface area contributed by atoms with Gasteiger partial charge in [-0.25, -0.2) is 4.39 Å². The molecule has 0 bridgehead atoms. The molecule has 2 aromatic carbocycles. The van der Waals surface area contributed by atoms with E-state index in [1.165, 1.54) is 12.1 Å². The molecule has 0 spiro atoms. The molecule has 0 nitrogen and oxygen atoms in total. The first-order chi connectivity index (χ1) is 7.58. The number of rotatable bonds is 1. The first-order valence-electron chi connectivity index (χ1n) is 4.48. The lowest BCUT2D eigenvalue weighted by molar-refractivity contribution is 0.629. The summed E-state index contributed by atoms with van der Waals surface area (Å²) >= 11 is 17.5. The minimum Gasteiger partial charge on any atom is -0.205 e. The SMILES string of the molecule is Fc1cc(-c2cc(Cl)ccc2Cl)ccc1Cl. The van der Waals surface area contributed by atoms with E-state index in [1.54, 1.807) is 24.3 Å². The van der Waals surface area contributed by atoms with Crippen molar-refractivity contribution in [3.8, 4) is 11.1 Å². The fraction of sp³-hybridized carbons (Fsp3) is 0. The van der Waals surface area contributed by atoms with Gasteiger partial charge in [0.15, 0.2) is 0 Å². The molecule has 0 saturated carbocycles. The highest BCUT2D eigenvalue weighted by molar-refractivity contribution is 6.35. The zero-order valence-corrected chi connectivity index (χ0v) is 10.2. The molecule has 16 heavy (non-hydrogen) atoms. The van der Waals surface area contributed by atoms with Gasteiger partial charge < -0.3 is 0 Å². The van der Waals surface area contributed by atoms with Crippen molar-refractivity contribution in [2.75, 3.05) is 0 Å². The van der Waals surface area contributed by atoms with Crippen LogP contribution in [-0.4, -0.2) is 0 Å². The summed E-state index contributed by atoms with van der Waals surface area (Å²) in [5.41, 5.74) is 1.33. The second-order valence-corrected chi connectivity index (χ2v) is 4.50. The van der Waals surface area contributed by atoms with Gasteiger partial charge >= 0.3 is 0 Å². The van der Waals surface area contributed by atoms with Gasteiger partial charge in [-0.15, -0.1) is 0 Å². The third-order valence-corrected chi connectivity index (χ3v) is 3.03. The molecule has 0 radical (unpaired) electrons. The number of benzene rings is 2. The first kappa shape index (κ1) is 11.7. The summed E-state index contributed by atoms with van der Waals surface area (Å²) in [6.07, 6.45) is 0. The lowest BCUT2D eigenvalue weighted by Crippen LogP contribution is -1.83. The number of hydrogen-bond acceptors (Lipinski definition) is 0. The van der Waals surface area contributed by atoms with E-state index in [1.807, 2.05) is 0 Å². The average molecular weight is 276 g/mol. The van der Waals surface area contributed by atoms with Crippen molar-refractivity contribution in [1.29, 1.82) is 0 Å². The molecule has 0 aliphatic heterocycles. The standard InChI is InChI=1S/C12H6Cl3F/c13-8-2-4-10(14)9(6-8)7-1-3-11(15)12(16)5-7/h1-6H. The van der Waals surface area contributed by atoms with E-state index in [-0.39, 0.29) is 5.02 Å². The van der Waals surface area contributed by atoms with E-state index in [0.717, 1.165) is 0 Å². The lowest BCUT2D eigenvalue weighted by atomic mass is 10.1. The molecule has 0 atom stereocenters. The van der Waals surface area contributed by atoms with Gasteiger partial charge in [-0.1, -0.05) is 40.9 Å². The first-order valence-corrected chi connectivity index (χ1v) is 5.62. The average Bonchev–Trinajstić information content (AvgIpc) is 2.26. The summed E-state index contributed by atoms with van der Waals surface area (Å²) in [6, 6.07) is 9.56. The normalized spacial score (nSPS) is 10.5. The molecule has 0 aromatic heterocycles. The number of hydrogen-bond donors (Lipinski definition) is 0. The van der Waals surface area contributed by atoms with Crippen LogP contribution in [0.25, 0.3) is 11.1 Å². The van der Waals surface area contributed by atoms with E-state index in [0.29, 0.717) is 21.2 Å². The third-order valence-electron chi connectivity index (χ3n) is 2.16. The van der Waals surface area contributed by atoms with Crippen LogP contribution in [0.4, 0.5) is 4.39 Å². The van der Waals surface area contributed by atoms with E-state index >= 15 is 0 Å². The zero-order valence-electron chi connectivity index (χ0n) is 7.98. The quantitative estimate of drug-likeness (QED) is 0.649. The molecule has 4 heteroatoms. The van der Waals surface area contributed by atoms with Crippen LogP contribution in [0.1, 0.15) is 0 Å². The summed E-state index contributed by atoms with van der Waals surface area (Å²) in [5.74, 6) is -0.477. The molecule has 0 fully saturated rings. The Kier molecular flexibility index (Phi) is 3.38.